The molecule has 0 spiro atoms. The van der Waals surface area contributed by atoms with Crippen molar-refractivity contribution in [3.05, 3.63) is 34.9 Å². The molecule has 1 aromatic rings. The summed E-state index contributed by atoms with van der Waals surface area (Å²) >= 11 is 1.80. The maximum Gasteiger partial charge on any atom is 0.166 e. The maximum atomic E-state index is 12.1. The smallest absolute Gasteiger partial charge is 0.166 e. The highest BCUT2D eigenvalue weighted by Crippen LogP contribution is 2.17. The van der Waals surface area contributed by atoms with Gasteiger partial charge in [0, 0.05) is 17.9 Å². The standard InChI is InChI=1S/C14H18O2S/c1-10-3-4-11(2)12(7-10)8-13(15)14-9-17-6-5-16-14/h3-4,7,14H,5-6,8-9H2,1-2H3. The first-order valence-electron chi connectivity index (χ1n) is 5.95. The molecule has 0 amide bonds. The molecule has 0 aromatic heterocycles. The van der Waals surface area contributed by atoms with Crippen LogP contribution in [0.25, 0.3) is 0 Å². The predicted molar refractivity (Wildman–Crippen MR) is 71.7 cm³/mol. The molecule has 1 heterocycles. The Hall–Kier alpha value is -0.800. The van der Waals surface area contributed by atoms with Crippen LogP contribution in [-0.2, 0) is 16.0 Å². The van der Waals surface area contributed by atoms with Crippen LogP contribution in [0.2, 0.25) is 0 Å². The number of hydrogen-bond acceptors (Lipinski definition) is 3. The molecular formula is C14H18O2S. The Morgan fingerprint density at radius 2 is 2.29 bits per heavy atom. The molecule has 1 atom stereocenters. The first-order chi connectivity index (χ1) is 8.16. The summed E-state index contributed by atoms with van der Waals surface area (Å²) in [4.78, 5) is 12.1. The SMILES string of the molecule is Cc1ccc(C)c(CC(=O)C2CSCCO2)c1. The second kappa shape index (κ2) is 5.69. The number of aryl methyl sites for hydroxylation is 2. The third-order valence-electron chi connectivity index (χ3n) is 3.04. The number of hydrogen-bond donors (Lipinski definition) is 0. The molecule has 3 heteroatoms. The van der Waals surface area contributed by atoms with E-state index in [1.807, 2.05) is 0 Å². The normalized spacial score (nSPS) is 20.2. The molecule has 1 fully saturated rings. The van der Waals surface area contributed by atoms with Crippen molar-refractivity contribution < 1.29 is 9.53 Å². The molecule has 1 aliphatic heterocycles. The van der Waals surface area contributed by atoms with Crippen molar-refractivity contribution in [1.82, 2.24) is 0 Å². The number of ketones is 1. The summed E-state index contributed by atoms with van der Waals surface area (Å²) in [6.07, 6.45) is 0.298. The highest BCUT2D eigenvalue weighted by atomic mass is 32.2. The van der Waals surface area contributed by atoms with Crippen LogP contribution < -0.4 is 0 Å². The molecule has 2 rings (SSSR count). The second-order valence-electron chi connectivity index (χ2n) is 4.51. The quantitative estimate of drug-likeness (QED) is 0.824. The van der Waals surface area contributed by atoms with Crippen molar-refractivity contribution in [2.24, 2.45) is 0 Å². The van der Waals surface area contributed by atoms with E-state index in [4.69, 9.17) is 4.74 Å². The summed E-state index contributed by atoms with van der Waals surface area (Å²) in [6.45, 7) is 4.81. The fourth-order valence-electron chi connectivity index (χ4n) is 1.97. The van der Waals surface area contributed by atoms with Gasteiger partial charge in [-0.1, -0.05) is 23.8 Å². The van der Waals surface area contributed by atoms with Crippen LogP contribution in [0, 0.1) is 13.8 Å². The molecule has 1 aliphatic rings. The lowest BCUT2D eigenvalue weighted by Crippen LogP contribution is -2.32. The highest BCUT2D eigenvalue weighted by Gasteiger charge is 2.22. The average Bonchev–Trinajstić information content (AvgIpc) is 2.35. The number of carbonyl (C=O) groups excluding carboxylic acids is 1. The van der Waals surface area contributed by atoms with Crippen LogP contribution in [-0.4, -0.2) is 30.0 Å². The van der Waals surface area contributed by atoms with E-state index >= 15 is 0 Å². The minimum Gasteiger partial charge on any atom is -0.369 e. The van der Waals surface area contributed by atoms with E-state index in [2.05, 4.69) is 32.0 Å². The van der Waals surface area contributed by atoms with Gasteiger partial charge in [0.25, 0.3) is 0 Å². The predicted octanol–water partition coefficient (Wildman–Crippen LogP) is 2.55. The first kappa shape index (κ1) is 12.7. The minimum absolute atomic E-state index is 0.200. The number of rotatable bonds is 3. The third-order valence-corrected chi connectivity index (χ3v) is 4.04. The van der Waals surface area contributed by atoms with Gasteiger partial charge in [0.2, 0.25) is 0 Å². The number of Topliss-reactive ketones (excluding diaryl/α,β-unsaturated/α-hetero) is 1. The maximum absolute atomic E-state index is 12.1. The summed E-state index contributed by atoms with van der Waals surface area (Å²) in [6, 6.07) is 6.26. The van der Waals surface area contributed by atoms with Crippen LogP contribution in [0.3, 0.4) is 0 Å². The largest absolute Gasteiger partial charge is 0.369 e. The Morgan fingerprint density at radius 3 is 3.00 bits per heavy atom. The number of benzene rings is 1. The molecular weight excluding hydrogens is 232 g/mol. The Labute approximate surface area is 107 Å². The number of ether oxygens (including phenoxy) is 1. The Balaban J connectivity index is 2.04. The summed E-state index contributed by atoms with van der Waals surface area (Å²) in [5.41, 5.74) is 3.53. The molecule has 0 radical (unpaired) electrons. The van der Waals surface area contributed by atoms with Gasteiger partial charge in [0.15, 0.2) is 5.78 Å². The van der Waals surface area contributed by atoms with Gasteiger partial charge in [-0.2, -0.15) is 11.8 Å². The number of carbonyl (C=O) groups is 1. The Bertz CT molecular complexity index is 409. The van der Waals surface area contributed by atoms with Crippen LogP contribution in [0.4, 0.5) is 0 Å². The second-order valence-corrected chi connectivity index (χ2v) is 5.66. The zero-order valence-electron chi connectivity index (χ0n) is 10.4. The minimum atomic E-state index is -0.200. The Kier molecular flexibility index (Phi) is 4.24. The first-order valence-corrected chi connectivity index (χ1v) is 7.10. The van der Waals surface area contributed by atoms with Gasteiger partial charge in [0.1, 0.15) is 6.10 Å². The average molecular weight is 250 g/mol. The van der Waals surface area contributed by atoms with Crippen molar-refractivity contribution in [3.63, 3.8) is 0 Å². The van der Waals surface area contributed by atoms with Gasteiger partial charge in [-0.25, -0.2) is 0 Å². The van der Waals surface area contributed by atoms with Crippen LogP contribution in [0.5, 0.6) is 0 Å². The molecule has 1 saturated heterocycles. The molecule has 0 saturated carbocycles. The van der Waals surface area contributed by atoms with Crippen LogP contribution in [0.1, 0.15) is 16.7 Å². The van der Waals surface area contributed by atoms with Crippen molar-refractivity contribution in [2.75, 3.05) is 18.1 Å². The van der Waals surface area contributed by atoms with E-state index < -0.39 is 0 Å². The zero-order valence-corrected chi connectivity index (χ0v) is 11.2. The zero-order chi connectivity index (χ0) is 12.3. The molecule has 92 valence electrons. The molecule has 17 heavy (non-hydrogen) atoms. The molecule has 1 aromatic carbocycles. The van der Waals surface area contributed by atoms with Gasteiger partial charge in [-0.05, 0) is 25.0 Å². The fourth-order valence-corrected chi connectivity index (χ4v) is 2.84. The monoisotopic (exact) mass is 250 g/mol. The number of thioether (sulfide) groups is 1. The van der Waals surface area contributed by atoms with Crippen LogP contribution in [0.15, 0.2) is 18.2 Å². The molecule has 1 unspecified atom stereocenters. The molecule has 0 bridgehead atoms. The molecule has 0 aliphatic carbocycles. The summed E-state index contributed by atoms with van der Waals surface area (Å²) in [5.74, 6) is 2.03. The lowest BCUT2D eigenvalue weighted by molar-refractivity contribution is -0.128. The van der Waals surface area contributed by atoms with E-state index in [9.17, 15) is 4.79 Å². The topological polar surface area (TPSA) is 26.3 Å². The van der Waals surface area contributed by atoms with E-state index in [0.717, 1.165) is 17.1 Å². The molecule has 2 nitrogen and oxygen atoms in total. The lowest BCUT2D eigenvalue weighted by Gasteiger charge is -2.21. The van der Waals surface area contributed by atoms with E-state index in [1.165, 1.54) is 11.1 Å². The Morgan fingerprint density at radius 1 is 1.47 bits per heavy atom. The van der Waals surface area contributed by atoms with Gasteiger partial charge in [-0.3, -0.25) is 4.79 Å². The highest BCUT2D eigenvalue weighted by molar-refractivity contribution is 7.99. The summed E-state index contributed by atoms with van der Waals surface area (Å²) < 4.78 is 5.51. The van der Waals surface area contributed by atoms with Gasteiger partial charge in [-0.15, -0.1) is 0 Å². The van der Waals surface area contributed by atoms with E-state index in [0.29, 0.717) is 13.0 Å². The fraction of sp³-hybridized carbons (Fsp3) is 0.500. The van der Waals surface area contributed by atoms with Gasteiger partial charge in [0.05, 0.1) is 6.61 Å². The van der Waals surface area contributed by atoms with Crippen molar-refractivity contribution in [3.8, 4) is 0 Å². The van der Waals surface area contributed by atoms with Crippen LogP contribution >= 0.6 is 11.8 Å². The summed E-state index contributed by atoms with van der Waals surface area (Å²) in [5, 5.41) is 0. The van der Waals surface area contributed by atoms with Crippen molar-refractivity contribution in [1.29, 1.82) is 0 Å². The van der Waals surface area contributed by atoms with Crippen molar-refractivity contribution in [2.45, 2.75) is 26.4 Å². The third kappa shape index (κ3) is 3.33. The van der Waals surface area contributed by atoms with Gasteiger partial charge >= 0.3 is 0 Å². The van der Waals surface area contributed by atoms with E-state index in [1.54, 1.807) is 11.8 Å². The van der Waals surface area contributed by atoms with E-state index in [-0.39, 0.29) is 11.9 Å². The lowest BCUT2D eigenvalue weighted by atomic mass is 9.99. The summed E-state index contributed by atoms with van der Waals surface area (Å²) in [7, 11) is 0. The van der Waals surface area contributed by atoms with Crippen molar-refractivity contribution >= 4 is 17.5 Å². The van der Waals surface area contributed by atoms with Gasteiger partial charge < -0.3 is 4.74 Å². The molecule has 0 N–H and O–H groups in total.